The Hall–Kier alpha value is -4.23. The SMILES string of the molecule is CC(C)C(C)C(=O)N1CCCC1(S)c1nc2ccc(C#Cc3ccc(-c4cnc(C5CCCN5C(=O)OC(C)(C)C)[nH]4)cc3)cc2[nH]1. The zero-order chi connectivity index (χ0) is 33.5. The number of hydrogen-bond acceptors (Lipinski definition) is 6. The first kappa shape index (κ1) is 32.7. The number of thiol groups is 1. The lowest BCUT2D eigenvalue weighted by atomic mass is 9.96. The number of aromatic amines is 2. The molecule has 4 heterocycles. The van der Waals surface area contributed by atoms with Crippen molar-refractivity contribution in [3.8, 4) is 23.1 Å². The van der Waals surface area contributed by atoms with Gasteiger partial charge < -0.3 is 19.6 Å². The summed E-state index contributed by atoms with van der Waals surface area (Å²) >= 11 is 5.03. The number of ether oxygens (including phenoxy) is 1. The predicted octanol–water partition coefficient (Wildman–Crippen LogP) is 7.42. The molecule has 3 atom stereocenters. The molecule has 2 N–H and O–H groups in total. The number of nitrogens with zero attached hydrogens (tertiary/aromatic N) is 4. The quantitative estimate of drug-likeness (QED) is 0.154. The molecule has 2 aliphatic rings. The van der Waals surface area contributed by atoms with Crippen LogP contribution < -0.4 is 0 Å². The van der Waals surface area contributed by atoms with E-state index in [1.165, 1.54) is 0 Å². The number of nitrogens with one attached hydrogen (secondary N) is 2. The number of benzene rings is 2. The van der Waals surface area contributed by atoms with E-state index in [9.17, 15) is 9.59 Å². The fourth-order valence-electron chi connectivity index (χ4n) is 6.27. The van der Waals surface area contributed by atoms with Crippen molar-refractivity contribution in [3.63, 3.8) is 0 Å². The average Bonchev–Trinajstić information content (AvgIpc) is 3.84. The number of amides is 2. The maximum atomic E-state index is 13.3. The molecule has 2 amide bonds. The molecular formula is C37H44N6O3S. The summed E-state index contributed by atoms with van der Waals surface area (Å²) in [6, 6.07) is 13.8. The molecule has 2 saturated heterocycles. The molecule has 0 aliphatic carbocycles. The highest BCUT2D eigenvalue weighted by Gasteiger charge is 2.46. The van der Waals surface area contributed by atoms with Gasteiger partial charge in [0, 0.05) is 30.1 Å². The van der Waals surface area contributed by atoms with Crippen LogP contribution in [0.2, 0.25) is 0 Å². The first-order valence-electron chi connectivity index (χ1n) is 16.5. The minimum atomic E-state index is -0.753. The third-order valence-corrected chi connectivity index (χ3v) is 9.89. The molecule has 9 nitrogen and oxygen atoms in total. The fraction of sp³-hybridized carbons (Fsp3) is 0.459. The maximum Gasteiger partial charge on any atom is 0.410 e. The second kappa shape index (κ2) is 12.8. The van der Waals surface area contributed by atoms with Crippen molar-refractivity contribution < 1.29 is 14.3 Å². The Morgan fingerprint density at radius 1 is 1.02 bits per heavy atom. The van der Waals surface area contributed by atoms with Crippen LogP contribution in [-0.4, -0.2) is 60.4 Å². The highest BCUT2D eigenvalue weighted by Crippen LogP contribution is 2.43. The minimum Gasteiger partial charge on any atom is -0.444 e. The summed E-state index contributed by atoms with van der Waals surface area (Å²) in [4.78, 5) is 45.3. The van der Waals surface area contributed by atoms with Gasteiger partial charge in [0.05, 0.1) is 29.0 Å². The third kappa shape index (κ3) is 6.77. The lowest BCUT2D eigenvalue weighted by Gasteiger charge is -2.35. The molecular weight excluding hydrogens is 609 g/mol. The molecule has 0 spiro atoms. The lowest BCUT2D eigenvalue weighted by molar-refractivity contribution is -0.138. The van der Waals surface area contributed by atoms with Gasteiger partial charge in [-0.15, -0.1) is 12.6 Å². The zero-order valence-electron chi connectivity index (χ0n) is 28.1. The van der Waals surface area contributed by atoms with E-state index in [0.717, 1.165) is 64.9 Å². The highest BCUT2D eigenvalue weighted by atomic mass is 32.1. The van der Waals surface area contributed by atoms with Crippen molar-refractivity contribution in [1.29, 1.82) is 0 Å². The van der Waals surface area contributed by atoms with Crippen molar-refractivity contribution in [3.05, 3.63) is 71.4 Å². The van der Waals surface area contributed by atoms with Crippen LogP contribution in [0, 0.1) is 23.7 Å². The van der Waals surface area contributed by atoms with E-state index in [1.54, 1.807) is 4.90 Å². The van der Waals surface area contributed by atoms with Crippen LogP contribution in [0.3, 0.4) is 0 Å². The van der Waals surface area contributed by atoms with Crippen LogP contribution in [0.15, 0.2) is 48.7 Å². The summed E-state index contributed by atoms with van der Waals surface area (Å²) in [7, 11) is 0. The normalized spacial score (nSPS) is 20.5. The second-order valence-electron chi connectivity index (χ2n) is 14.1. The Morgan fingerprint density at radius 2 is 1.74 bits per heavy atom. The summed E-state index contributed by atoms with van der Waals surface area (Å²) in [6.45, 7) is 13.1. The molecule has 2 aromatic carbocycles. The first-order valence-corrected chi connectivity index (χ1v) is 17.0. The van der Waals surface area contributed by atoms with E-state index in [-0.39, 0.29) is 29.9 Å². The molecule has 2 aliphatic heterocycles. The third-order valence-electron chi connectivity index (χ3n) is 9.21. The van der Waals surface area contributed by atoms with E-state index in [0.29, 0.717) is 18.9 Å². The molecule has 246 valence electrons. The molecule has 6 rings (SSSR count). The summed E-state index contributed by atoms with van der Waals surface area (Å²) in [5.74, 6) is 8.32. The van der Waals surface area contributed by atoms with E-state index < -0.39 is 10.5 Å². The molecule has 2 fully saturated rings. The van der Waals surface area contributed by atoms with Gasteiger partial charge in [-0.05, 0) is 88.3 Å². The smallest absolute Gasteiger partial charge is 0.410 e. The number of fused-ring (bicyclic) bond motifs is 1. The van der Waals surface area contributed by atoms with Gasteiger partial charge in [0.25, 0.3) is 0 Å². The van der Waals surface area contributed by atoms with Crippen LogP contribution in [0.25, 0.3) is 22.3 Å². The van der Waals surface area contributed by atoms with Gasteiger partial charge in [-0.2, -0.15) is 0 Å². The lowest BCUT2D eigenvalue weighted by Crippen LogP contribution is -2.45. The number of imidazole rings is 2. The van der Waals surface area contributed by atoms with Crippen LogP contribution in [0.4, 0.5) is 4.79 Å². The van der Waals surface area contributed by atoms with Crippen molar-refractivity contribution in [2.45, 2.75) is 83.7 Å². The van der Waals surface area contributed by atoms with Gasteiger partial charge in [-0.1, -0.05) is 44.7 Å². The number of carbonyl (C=O) groups is 2. The molecule has 4 aromatic rings. The van der Waals surface area contributed by atoms with Gasteiger partial charge in [-0.3, -0.25) is 9.69 Å². The van der Waals surface area contributed by atoms with Gasteiger partial charge >= 0.3 is 6.09 Å². The largest absolute Gasteiger partial charge is 0.444 e. The zero-order valence-corrected chi connectivity index (χ0v) is 28.9. The topological polar surface area (TPSA) is 107 Å². The summed E-state index contributed by atoms with van der Waals surface area (Å²) < 4.78 is 5.62. The highest BCUT2D eigenvalue weighted by molar-refractivity contribution is 7.81. The summed E-state index contributed by atoms with van der Waals surface area (Å²) in [6.07, 6.45) is 4.91. The molecule has 47 heavy (non-hydrogen) atoms. The monoisotopic (exact) mass is 652 g/mol. The summed E-state index contributed by atoms with van der Waals surface area (Å²) in [5.41, 5.74) is 4.78. The summed E-state index contributed by atoms with van der Waals surface area (Å²) in [5, 5.41) is 0. The van der Waals surface area contributed by atoms with Crippen molar-refractivity contribution in [1.82, 2.24) is 29.7 Å². The van der Waals surface area contributed by atoms with Crippen LogP contribution in [-0.2, 0) is 14.4 Å². The van der Waals surface area contributed by atoms with Crippen LogP contribution in [0.1, 0.15) is 96.0 Å². The maximum absolute atomic E-state index is 13.3. The molecule has 0 radical (unpaired) electrons. The predicted molar refractivity (Wildman–Crippen MR) is 187 cm³/mol. The van der Waals surface area contributed by atoms with Gasteiger partial charge in [0.2, 0.25) is 5.91 Å². The second-order valence-corrected chi connectivity index (χ2v) is 14.8. The minimum absolute atomic E-state index is 0.0781. The van der Waals surface area contributed by atoms with Crippen molar-refractivity contribution in [2.24, 2.45) is 11.8 Å². The molecule has 10 heteroatoms. The Balaban J connectivity index is 1.15. The van der Waals surface area contributed by atoms with E-state index in [1.807, 2.05) is 81.3 Å². The van der Waals surface area contributed by atoms with Gasteiger partial charge in [-0.25, -0.2) is 14.8 Å². The molecule has 0 saturated carbocycles. The van der Waals surface area contributed by atoms with E-state index >= 15 is 0 Å². The van der Waals surface area contributed by atoms with Crippen LogP contribution >= 0.6 is 12.6 Å². The number of rotatable bonds is 5. The molecule has 2 aromatic heterocycles. The van der Waals surface area contributed by atoms with Gasteiger partial charge in [0.1, 0.15) is 22.1 Å². The van der Waals surface area contributed by atoms with Crippen molar-refractivity contribution >= 4 is 35.7 Å². The van der Waals surface area contributed by atoms with E-state index in [2.05, 4.69) is 40.6 Å². The molecule has 3 unspecified atom stereocenters. The van der Waals surface area contributed by atoms with Gasteiger partial charge in [0.15, 0.2) is 0 Å². The molecule has 0 bridgehead atoms. The Morgan fingerprint density at radius 3 is 2.47 bits per heavy atom. The van der Waals surface area contributed by atoms with Crippen LogP contribution in [0.5, 0.6) is 0 Å². The standard InChI is InChI=1S/C37H44N6O3S/c1-23(2)24(3)33(44)43-20-8-18-37(43,47)34-40-28-17-14-26(21-29(28)41-34)11-10-25-12-15-27(16-13-25)30-22-38-32(39-30)31-9-7-19-42(31)35(45)46-36(4,5)6/h12-17,21-24,31,47H,7-9,18-20H2,1-6H3,(H,38,39)(H,40,41). The Labute approximate surface area is 282 Å². The Bertz CT molecular complexity index is 1840. The number of H-pyrrole nitrogens is 2. The number of likely N-dealkylation sites (tertiary alicyclic amines) is 2. The number of aromatic nitrogens is 4. The number of hydrogen-bond donors (Lipinski definition) is 3. The van der Waals surface area contributed by atoms with Crippen molar-refractivity contribution in [2.75, 3.05) is 13.1 Å². The average molecular weight is 653 g/mol. The van der Waals surface area contributed by atoms with E-state index in [4.69, 9.17) is 22.3 Å². The first-order chi connectivity index (χ1) is 22.3. The fourth-order valence-corrected chi connectivity index (χ4v) is 6.73. The number of carbonyl (C=O) groups excluding carboxylic acids is 2. The Kier molecular flexibility index (Phi) is 8.88.